The molecule has 0 aliphatic carbocycles. The van der Waals surface area contributed by atoms with E-state index in [2.05, 4.69) is 4.98 Å². The number of pyridine rings is 1. The van der Waals surface area contributed by atoms with E-state index >= 15 is 0 Å². The van der Waals surface area contributed by atoms with Crippen LogP contribution >= 0.6 is 0 Å². The van der Waals surface area contributed by atoms with Gasteiger partial charge in [0.1, 0.15) is 12.0 Å². The molecule has 2 heterocycles. The number of aryl methyl sites for hydroxylation is 1. The summed E-state index contributed by atoms with van der Waals surface area (Å²) in [7, 11) is 1.93. The van der Waals surface area contributed by atoms with Gasteiger partial charge in [0.2, 0.25) is 0 Å². The predicted octanol–water partition coefficient (Wildman–Crippen LogP) is 1.91. The minimum absolute atomic E-state index is 0.0595. The van der Waals surface area contributed by atoms with Crippen LogP contribution in [0.25, 0.3) is 0 Å². The van der Waals surface area contributed by atoms with Crippen molar-refractivity contribution in [2.24, 2.45) is 0 Å². The number of nitro groups is 1. The Balaban J connectivity index is 2.08. The summed E-state index contributed by atoms with van der Waals surface area (Å²) in [5.41, 5.74) is 0.688. The van der Waals surface area contributed by atoms with Crippen molar-refractivity contribution in [3.63, 3.8) is 0 Å². The summed E-state index contributed by atoms with van der Waals surface area (Å²) in [4.78, 5) is 16.4. The summed E-state index contributed by atoms with van der Waals surface area (Å²) in [6.07, 6.45) is 3.73. The van der Waals surface area contributed by atoms with Gasteiger partial charge in [-0.15, -0.1) is 0 Å². The van der Waals surface area contributed by atoms with Crippen molar-refractivity contribution in [1.29, 1.82) is 0 Å². The van der Waals surface area contributed by atoms with Gasteiger partial charge in [0.25, 0.3) is 5.69 Å². The first-order valence-electron chi connectivity index (χ1n) is 6.01. The van der Waals surface area contributed by atoms with Gasteiger partial charge in [-0.1, -0.05) is 0 Å². The van der Waals surface area contributed by atoms with Crippen molar-refractivity contribution >= 4 is 11.5 Å². The van der Waals surface area contributed by atoms with E-state index in [1.807, 2.05) is 11.9 Å². The standard InChI is InChI=1S/C12H17N3O3/c1-9-6-12(13-7-11(9)15(16)17)14(2)8-10-4-3-5-18-10/h6-7,10H,3-5,8H2,1-2H3. The molecule has 1 fully saturated rings. The number of likely N-dealkylation sites (N-methyl/N-ethyl adjacent to an activating group) is 1. The molecule has 0 saturated carbocycles. The molecule has 0 spiro atoms. The van der Waals surface area contributed by atoms with E-state index < -0.39 is 4.92 Å². The maximum Gasteiger partial charge on any atom is 0.290 e. The molecule has 1 aromatic rings. The molecule has 1 aromatic heterocycles. The van der Waals surface area contributed by atoms with E-state index in [9.17, 15) is 10.1 Å². The van der Waals surface area contributed by atoms with Crippen LogP contribution in [-0.2, 0) is 4.74 Å². The van der Waals surface area contributed by atoms with E-state index in [0.29, 0.717) is 5.56 Å². The zero-order chi connectivity index (χ0) is 13.1. The van der Waals surface area contributed by atoms with Gasteiger partial charge in [0, 0.05) is 25.8 Å². The van der Waals surface area contributed by atoms with Gasteiger partial charge >= 0.3 is 0 Å². The summed E-state index contributed by atoms with van der Waals surface area (Å²) in [6.45, 7) is 3.32. The van der Waals surface area contributed by atoms with Crippen molar-refractivity contribution in [3.05, 3.63) is 27.9 Å². The van der Waals surface area contributed by atoms with E-state index in [-0.39, 0.29) is 11.8 Å². The highest BCUT2D eigenvalue weighted by Crippen LogP contribution is 2.22. The maximum absolute atomic E-state index is 10.7. The molecule has 6 heteroatoms. The molecule has 0 amide bonds. The van der Waals surface area contributed by atoms with Gasteiger partial charge in [-0.05, 0) is 25.8 Å². The second kappa shape index (κ2) is 5.30. The molecule has 0 bridgehead atoms. The van der Waals surface area contributed by atoms with Crippen molar-refractivity contribution in [2.45, 2.75) is 25.9 Å². The minimum Gasteiger partial charge on any atom is -0.376 e. The minimum atomic E-state index is -0.411. The van der Waals surface area contributed by atoms with Crippen LogP contribution in [0.15, 0.2) is 12.3 Å². The van der Waals surface area contributed by atoms with Crippen LogP contribution in [0.3, 0.4) is 0 Å². The van der Waals surface area contributed by atoms with Gasteiger partial charge in [-0.3, -0.25) is 10.1 Å². The Hall–Kier alpha value is -1.69. The van der Waals surface area contributed by atoms with Crippen molar-refractivity contribution in [1.82, 2.24) is 4.98 Å². The monoisotopic (exact) mass is 251 g/mol. The fourth-order valence-corrected chi connectivity index (χ4v) is 2.12. The average molecular weight is 251 g/mol. The van der Waals surface area contributed by atoms with Gasteiger partial charge in [-0.25, -0.2) is 4.98 Å². The van der Waals surface area contributed by atoms with Gasteiger partial charge in [-0.2, -0.15) is 0 Å². The predicted molar refractivity (Wildman–Crippen MR) is 67.9 cm³/mol. The molecule has 2 rings (SSSR count). The molecule has 1 saturated heterocycles. The first-order valence-corrected chi connectivity index (χ1v) is 6.01. The molecular weight excluding hydrogens is 234 g/mol. The van der Waals surface area contributed by atoms with Gasteiger partial charge in [0.05, 0.1) is 11.0 Å². The summed E-state index contributed by atoms with van der Waals surface area (Å²) in [6, 6.07) is 1.74. The van der Waals surface area contributed by atoms with Crippen LogP contribution in [-0.4, -0.2) is 36.2 Å². The molecule has 98 valence electrons. The largest absolute Gasteiger partial charge is 0.376 e. The zero-order valence-corrected chi connectivity index (χ0v) is 10.6. The molecule has 18 heavy (non-hydrogen) atoms. The van der Waals surface area contributed by atoms with Crippen LogP contribution < -0.4 is 4.90 Å². The number of hydrogen-bond acceptors (Lipinski definition) is 5. The molecule has 6 nitrogen and oxygen atoms in total. The average Bonchev–Trinajstić information content (AvgIpc) is 2.81. The lowest BCUT2D eigenvalue weighted by atomic mass is 10.2. The number of aromatic nitrogens is 1. The summed E-state index contributed by atoms with van der Waals surface area (Å²) < 4.78 is 5.56. The Kier molecular flexibility index (Phi) is 3.76. The highest BCUT2D eigenvalue weighted by atomic mass is 16.6. The Bertz CT molecular complexity index is 444. The lowest BCUT2D eigenvalue weighted by Crippen LogP contribution is -2.29. The van der Waals surface area contributed by atoms with Gasteiger partial charge < -0.3 is 9.64 Å². The quantitative estimate of drug-likeness (QED) is 0.604. The van der Waals surface area contributed by atoms with Crippen LogP contribution in [0, 0.1) is 17.0 Å². The van der Waals surface area contributed by atoms with Crippen molar-refractivity contribution in [3.8, 4) is 0 Å². The van der Waals surface area contributed by atoms with E-state index in [1.165, 1.54) is 6.20 Å². The molecule has 0 aromatic carbocycles. The first kappa shape index (κ1) is 12.8. The fourth-order valence-electron chi connectivity index (χ4n) is 2.12. The summed E-state index contributed by atoms with van der Waals surface area (Å²) in [5, 5.41) is 10.7. The van der Waals surface area contributed by atoms with E-state index in [4.69, 9.17) is 4.74 Å². The molecule has 1 aliphatic rings. The maximum atomic E-state index is 10.7. The topological polar surface area (TPSA) is 68.5 Å². The number of hydrogen-bond donors (Lipinski definition) is 0. The Morgan fingerprint density at radius 3 is 3.00 bits per heavy atom. The van der Waals surface area contributed by atoms with E-state index in [0.717, 1.165) is 31.8 Å². The van der Waals surface area contributed by atoms with E-state index in [1.54, 1.807) is 13.0 Å². The molecule has 1 aliphatic heterocycles. The Morgan fingerprint density at radius 2 is 2.44 bits per heavy atom. The normalized spacial score (nSPS) is 18.9. The fraction of sp³-hybridized carbons (Fsp3) is 0.583. The summed E-state index contributed by atoms with van der Waals surface area (Å²) in [5.74, 6) is 0.744. The molecular formula is C12H17N3O3. The molecule has 0 radical (unpaired) electrons. The number of anilines is 1. The third kappa shape index (κ3) is 2.76. The SMILES string of the molecule is Cc1cc(N(C)CC2CCCO2)ncc1[N+](=O)[O-]. The highest BCUT2D eigenvalue weighted by Gasteiger charge is 2.19. The van der Waals surface area contributed by atoms with Crippen LogP contribution in [0.1, 0.15) is 18.4 Å². The van der Waals surface area contributed by atoms with Crippen LogP contribution in [0.4, 0.5) is 11.5 Å². The molecule has 0 N–H and O–H groups in total. The Morgan fingerprint density at radius 1 is 1.67 bits per heavy atom. The number of rotatable bonds is 4. The summed E-state index contributed by atoms with van der Waals surface area (Å²) >= 11 is 0. The van der Waals surface area contributed by atoms with Crippen LogP contribution in [0.2, 0.25) is 0 Å². The lowest BCUT2D eigenvalue weighted by Gasteiger charge is -2.21. The third-order valence-corrected chi connectivity index (χ3v) is 3.16. The van der Waals surface area contributed by atoms with Crippen molar-refractivity contribution < 1.29 is 9.66 Å². The molecule has 1 atom stereocenters. The second-order valence-electron chi connectivity index (χ2n) is 4.60. The third-order valence-electron chi connectivity index (χ3n) is 3.16. The second-order valence-corrected chi connectivity index (χ2v) is 4.60. The lowest BCUT2D eigenvalue weighted by molar-refractivity contribution is -0.385. The number of ether oxygens (including phenoxy) is 1. The molecule has 1 unspecified atom stereocenters. The van der Waals surface area contributed by atoms with Gasteiger partial charge in [0.15, 0.2) is 0 Å². The van der Waals surface area contributed by atoms with Crippen LogP contribution in [0.5, 0.6) is 0 Å². The number of nitrogens with zero attached hydrogens (tertiary/aromatic N) is 3. The smallest absolute Gasteiger partial charge is 0.290 e. The Labute approximate surface area is 106 Å². The zero-order valence-electron chi connectivity index (χ0n) is 10.6. The first-order chi connectivity index (χ1) is 8.58. The van der Waals surface area contributed by atoms with Crippen molar-refractivity contribution in [2.75, 3.05) is 25.1 Å². The highest BCUT2D eigenvalue weighted by molar-refractivity contribution is 5.48.